The zero-order valence-corrected chi connectivity index (χ0v) is 12.2. The van der Waals surface area contributed by atoms with Gasteiger partial charge in [0.1, 0.15) is 16.2 Å². The van der Waals surface area contributed by atoms with Gasteiger partial charge >= 0.3 is 0 Å². The fourth-order valence-electron chi connectivity index (χ4n) is 1.51. The van der Waals surface area contributed by atoms with Crippen LogP contribution in [-0.2, 0) is 9.53 Å². The molecule has 2 aromatic rings. The van der Waals surface area contributed by atoms with Gasteiger partial charge < -0.3 is 10.1 Å². The lowest BCUT2D eigenvalue weighted by Crippen LogP contribution is -2.26. The van der Waals surface area contributed by atoms with Crippen LogP contribution in [0.5, 0.6) is 0 Å². The van der Waals surface area contributed by atoms with Crippen LogP contribution in [0.25, 0.3) is 10.2 Å². The van der Waals surface area contributed by atoms with Gasteiger partial charge in [-0.3, -0.25) is 4.79 Å². The number of methoxy groups -OCH3 is 1. The molecule has 5 nitrogen and oxygen atoms in total. The second kappa shape index (κ2) is 7.42. The molecular formula is C12H15N3O2S2. The summed E-state index contributed by atoms with van der Waals surface area (Å²) >= 11 is 3.01. The predicted octanol–water partition coefficient (Wildman–Crippen LogP) is 1.94. The van der Waals surface area contributed by atoms with Crippen LogP contribution in [0.3, 0.4) is 0 Å². The lowest BCUT2D eigenvalue weighted by Gasteiger charge is -2.04. The maximum Gasteiger partial charge on any atom is 0.230 e. The number of hydrogen-bond acceptors (Lipinski definition) is 6. The zero-order valence-electron chi connectivity index (χ0n) is 10.6. The van der Waals surface area contributed by atoms with E-state index >= 15 is 0 Å². The minimum Gasteiger partial charge on any atom is -0.385 e. The highest BCUT2D eigenvalue weighted by Crippen LogP contribution is 2.27. The summed E-state index contributed by atoms with van der Waals surface area (Å²) in [5.41, 5.74) is 0. The monoisotopic (exact) mass is 297 g/mol. The van der Waals surface area contributed by atoms with Gasteiger partial charge in [-0.05, 0) is 17.9 Å². The van der Waals surface area contributed by atoms with E-state index in [-0.39, 0.29) is 5.91 Å². The topological polar surface area (TPSA) is 64.1 Å². The van der Waals surface area contributed by atoms with Crippen molar-refractivity contribution in [3.05, 3.63) is 17.8 Å². The number of nitrogens with one attached hydrogen (secondary N) is 1. The Hall–Kier alpha value is -1.18. The first-order valence-electron chi connectivity index (χ1n) is 5.88. The molecule has 2 heterocycles. The number of carbonyl (C=O) groups is 1. The number of rotatable bonds is 7. The standard InChI is InChI=1S/C12H15N3O2S2/c1-17-5-2-4-13-10(16)7-19-12-9-3-6-18-11(9)14-8-15-12/h3,6,8H,2,4-5,7H2,1H3,(H,13,16). The van der Waals surface area contributed by atoms with Crippen LogP contribution >= 0.6 is 23.1 Å². The minimum absolute atomic E-state index is 0.0168. The average Bonchev–Trinajstić information content (AvgIpc) is 2.90. The molecule has 1 amide bonds. The van der Waals surface area contributed by atoms with Gasteiger partial charge in [0.15, 0.2) is 0 Å². The highest BCUT2D eigenvalue weighted by molar-refractivity contribution is 8.00. The van der Waals surface area contributed by atoms with Crippen LogP contribution in [0, 0.1) is 0 Å². The zero-order chi connectivity index (χ0) is 13.5. The van der Waals surface area contributed by atoms with E-state index in [1.807, 2.05) is 11.4 Å². The van der Waals surface area contributed by atoms with Crippen molar-refractivity contribution in [2.45, 2.75) is 11.4 Å². The Morgan fingerprint density at radius 1 is 1.53 bits per heavy atom. The quantitative estimate of drug-likeness (QED) is 0.481. The largest absolute Gasteiger partial charge is 0.385 e. The molecule has 0 aromatic carbocycles. The Kier molecular flexibility index (Phi) is 5.56. The summed E-state index contributed by atoms with van der Waals surface area (Å²) in [5.74, 6) is 0.387. The number of carbonyl (C=O) groups excluding carboxylic acids is 1. The third-order valence-corrected chi connectivity index (χ3v) is 4.24. The number of fused-ring (bicyclic) bond motifs is 1. The molecule has 0 spiro atoms. The maximum absolute atomic E-state index is 11.6. The van der Waals surface area contributed by atoms with E-state index in [1.54, 1.807) is 18.4 Å². The Labute approximate surface area is 119 Å². The Bertz CT molecular complexity index is 545. The first-order valence-corrected chi connectivity index (χ1v) is 7.74. The number of ether oxygens (including phenoxy) is 1. The van der Waals surface area contributed by atoms with E-state index in [4.69, 9.17) is 4.74 Å². The van der Waals surface area contributed by atoms with Crippen LogP contribution in [0.1, 0.15) is 6.42 Å². The summed E-state index contributed by atoms with van der Waals surface area (Å²) in [6.07, 6.45) is 2.37. The van der Waals surface area contributed by atoms with E-state index in [9.17, 15) is 4.79 Å². The second-order valence-corrected chi connectivity index (χ2v) is 5.66. The number of hydrogen-bond donors (Lipinski definition) is 1. The van der Waals surface area contributed by atoms with Crippen LogP contribution in [0.15, 0.2) is 22.8 Å². The van der Waals surface area contributed by atoms with Gasteiger partial charge in [-0.2, -0.15) is 0 Å². The van der Waals surface area contributed by atoms with E-state index in [0.717, 1.165) is 21.7 Å². The average molecular weight is 297 g/mol. The number of nitrogens with zero attached hydrogens (tertiary/aromatic N) is 2. The molecule has 19 heavy (non-hydrogen) atoms. The van der Waals surface area contributed by atoms with Crippen molar-refractivity contribution in [2.75, 3.05) is 26.0 Å². The third-order valence-electron chi connectivity index (χ3n) is 2.41. The molecule has 2 rings (SSSR count). The van der Waals surface area contributed by atoms with E-state index in [1.165, 1.54) is 18.1 Å². The molecule has 0 radical (unpaired) electrons. The summed E-state index contributed by atoms with van der Waals surface area (Å²) < 4.78 is 4.92. The molecular weight excluding hydrogens is 282 g/mol. The normalized spacial score (nSPS) is 10.8. The maximum atomic E-state index is 11.6. The molecule has 102 valence electrons. The number of aromatic nitrogens is 2. The van der Waals surface area contributed by atoms with Gasteiger partial charge in [-0.15, -0.1) is 11.3 Å². The first kappa shape index (κ1) is 14.2. The fourth-order valence-corrected chi connectivity index (χ4v) is 3.12. The Morgan fingerprint density at radius 2 is 2.42 bits per heavy atom. The number of amides is 1. The Morgan fingerprint density at radius 3 is 3.26 bits per heavy atom. The highest BCUT2D eigenvalue weighted by Gasteiger charge is 2.08. The summed E-state index contributed by atoms with van der Waals surface area (Å²) in [4.78, 5) is 21.0. The molecule has 1 N–H and O–H groups in total. The van der Waals surface area contributed by atoms with Crippen molar-refractivity contribution >= 4 is 39.2 Å². The first-order chi connectivity index (χ1) is 9.31. The van der Waals surface area contributed by atoms with E-state index in [0.29, 0.717) is 18.9 Å². The van der Waals surface area contributed by atoms with Gasteiger partial charge in [0, 0.05) is 25.6 Å². The molecule has 0 aliphatic heterocycles. The molecule has 0 atom stereocenters. The van der Waals surface area contributed by atoms with Crippen LogP contribution in [0.2, 0.25) is 0 Å². The summed E-state index contributed by atoms with van der Waals surface area (Å²) in [6, 6.07) is 1.98. The predicted molar refractivity (Wildman–Crippen MR) is 77.6 cm³/mol. The molecule has 0 saturated heterocycles. The Balaban J connectivity index is 1.82. The summed E-state index contributed by atoms with van der Waals surface area (Å²) in [5, 5.41) is 6.71. The molecule has 2 aromatic heterocycles. The van der Waals surface area contributed by atoms with Gasteiger partial charge in [-0.1, -0.05) is 11.8 Å². The molecule has 0 fully saturated rings. The van der Waals surface area contributed by atoms with E-state index in [2.05, 4.69) is 15.3 Å². The minimum atomic E-state index is 0.0168. The lowest BCUT2D eigenvalue weighted by atomic mass is 10.4. The molecule has 0 aliphatic rings. The van der Waals surface area contributed by atoms with Crippen molar-refractivity contribution < 1.29 is 9.53 Å². The van der Waals surface area contributed by atoms with Crippen molar-refractivity contribution in [3.63, 3.8) is 0 Å². The fraction of sp³-hybridized carbons (Fsp3) is 0.417. The molecule has 7 heteroatoms. The molecule has 0 saturated carbocycles. The van der Waals surface area contributed by atoms with Gasteiger partial charge in [0.05, 0.1) is 5.75 Å². The van der Waals surface area contributed by atoms with Crippen molar-refractivity contribution in [3.8, 4) is 0 Å². The molecule has 0 unspecified atom stereocenters. The van der Waals surface area contributed by atoms with Crippen LogP contribution in [0.4, 0.5) is 0 Å². The summed E-state index contributed by atoms with van der Waals surface area (Å²) in [6.45, 7) is 1.31. The smallest absolute Gasteiger partial charge is 0.230 e. The van der Waals surface area contributed by atoms with Crippen LogP contribution < -0.4 is 5.32 Å². The highest BCUT2D eigenvalue weighted by atomic mass is 32.2. The number of thioether (sulfide) groups is 1. The van der Waals surface area contributed by atoms with Gasteiger partial charge in [0.2, 0.25) is 5.91 Å². The lowest BCUT2D eigenvalue weighted by molar-refractivity contribution is -0.118. The van der Waals surface area contributed by atoms with Gasteiger partial charge in [-0.25, -0.2) is 9.97 Å². The molecule has 0 bridgehead atoms. The van der Waals surface area contributed by atoms with Crippen LogP contribution in [-0.4, -0.2) is 41.9 Å². The van der Waals surface area contributed by atoms with Gasteiger partial charge in [0.25, 0.3) is 0 Å². The van der Waals surface area contributed by atoms with E-state index < -0.39 is 0 Å². The summed E-state index contributed by atoms with van der Waals surface area (Å²) in [7, 11) is 1.65. The SMILES string of the molecule is COCCCNC(=O)CSc1ncnc2sccc12. The van der Waals surface area contributed by atoms with Crippen molar-refractivity contribution in [2.24, 2.45) is 0 Å². The second-order valence-electron chi connectivity index (χ2n) is 3.80. The van der Waals surface area contributed by atoms with Crippen molar-refractivity contribution in [1.29, 1.82) is 0 Å². The number of thiophene rings is 1. The molecule has 0 aliphatic carbocycles. The van der Waals surface area contributed by atoms with Crippen molar-refractivity contribution in [1.82, 2.24) is 15.3 Å². The third kappa shape index (κ3) is 4.15.